The molecule has 0 atom stereocenters. The fraction of sp³-hybridized carbons (Fsp3) is 0.158. The summed E-state index contributed by atoms with van der Waals surface area (Å²) in [7, 11) is 1.59. The molecule has 0 aliphatic rings. The molecule has 1 aromatic heterocycles. The number of hydrogen-bond acceptors (Lipinski definition) is 3. The van der Waals surface area contributed by atoms with Crippen molar-refractivity contribution < 1.29 is 4.74 Å². The Kier molecular flexibility index (Phi) is 4.26. The van der Waals surface area contributed by atoms with Crippen LogP contribution in [0.1, 0.15) is 5.56 Å². The van der Waals surface area contributed by atoms with Gasteiger partial charge in [0, 0.05) is 17.3 Å². The van der Waals surface area contributed by atoms with Crippen molar-refractivity contribution in [3.63, 3.8) is 0 Å². The van der Waals surface area contributed by atoms with E-state index in [0.29, 0.717) is 11.7 Å². The van der Waals surface area contributed by atoms with Gasteiger partial charge in [0.1, 0.15) is 0 Å². The lowest BCUT2D eigenvalue weighted by Crippen LogP contribution is -2.31. The number of aromatic nitrogens is 1. The van der Waals surface area contributed by atoms with Gasteiger partial charge in [-0.2, -0.15) is 0 Å². The van der Waals surface area contributed by atoms with Crippen molar-refractivity contribution in [3.8, 4) is 0 Å². The first-order chi connectivity index (χ1) is 11.2. The summed E-state index contributed by atoms with van der Waals surface area (Å²) in [6.45, 7) is 6.50. The second-order valence-corrected chi connectivity index (χ2v) is 5.72. The molecule has 0 spiro atoms. The van der Waals surface area contributed by atoms with Gasteiger partial charge < -0.3 is 4.74 Å². The minimum Gasteiger partial charge on any atom is -0.474 e. The van der Waals surface area contributed by atoms with Crippen molar-refractivity contribution in [1.29, 1.82) is 0 Å². The zero-order chi connectivity index (χ0) is 16.4. The zero-order valence-electron chi connectivity index (χ0n) is 13.2. The number of thiocarbonyl (C=S) groups is 1. The Morgan fingerprint density at radius 2 is 1.96 bits per heavy atom. The van der Waals surface area contributed by atoms with E-state index in [9.17, 15) is 0 Å². The Balaban J connectivity index is 2.43. The molecule has 0 unspecified atom stereocenters. The second kappa shape index (κ2) is 6.34. The molecule has 0 N–H and O–H groups in total. The van der Waals surface area contributed by atoms with Crippen LogP contribution in [0.2, 0.25) is 0 Å². The third kappa shape index (κ3) is 2.78. The van der Waals surface area contributed by atoms with E-state index in [4.69, 9.17) is 21.9 Å². The third-order valence-electron chi connectivity index (χ3n) is 3.78. The molecule has 0 fully saturated rings. The fourth-order valence-electron chi connectivity index (χ4n) is 2.77. The predicted octanol–water partition coefficient (Wildman–Crippen LogP) is 4.62. The van der Waals surface area contributed by atoms with Crippen molar-refractivity contribution >= 4 is 44.9 Å². The highest BCUT2D eigenvalue weighted by molar-refractivity contribution is 7.80. The average molecular weight is 322 g/mol. The van der Waals surface area contributed by atoms with Gasteiger partial charge in [-0.25, -0.2) is 4.98 Å². The number of ether oxygens (including phenoxy) is 1. The smallest absolute Gasteiger partial charge is 0.263 e. The van der Waals surface area contributed by atoms with E-state index >= 15 is 0 Å². The maximum atomic E-state index is 5.42. The number of rotatable bonds is 3. The van der Waals surface area contributed by atoms with Gasteiger partial charge >= 0.3 is 0 Å². The van der Waals surface area contributed by atoms with Crippen LogP contribution in [-0.4, -0.2) is 23.8 Å². The van der Waals surface area contributed by atoms with E-state index < -0.39 is 0 Å². The van der Waals surface area contributed by atoms with Crippen molar-refractivity contribution in [2.45, 2.75) is 6.92 Å². The Labute approximate surface area is 141 Å². The topological polar surface area (TPSA) is 25.4 Å². The largest absolute Gasteiger partial charge is 0.474 e. The molecule has 23 heavy (non-hydrogen) atoms. The highest BCUT2D eigenvalue weighted by Gasteiger charge is 2.18. The third-order valence-corrected chi connectivity index (χ3v) is 4.17. The van der Waals surface area contributed by atoms with E-state index in [1.807, 2.05) is 35.2 Å². The fourth-order valence-corrected chi connectivity index (χ4v) is 2.94. The summed E-state index contributed by atoms with van der Waals surface area (Å²) >= 11 is 5.42. The molecule has 1 heterocycles. The van der Waals surface area contributed by atoms with Crippen LogP contribution in [0.3, 0.4) is 0 Å². The molecule has 0 amide bonds. The van der Waals surface area contributed by atoms with E-state index in [-0.39, 0.29) is 0 Å². The summed E-state index contributed by atoms with van der Waals surface area (Å²) in [5.74, 6) is 0. The molecule has 0 radical (unpaired) electrons. The molecule has 4 heteroatoms. The highest BCUT2D eigenvalue weighted by atomic mass is 32.1. The maximum Gasteiger partial charge on any atom is 0.263 e. The summed E-state index contributed by atoms with van der Waals surface area (Å²) < 4.78 is 5.34. The standard InChI is InChI=1S/C19H18N2OS/c1-4-11-21(19(23)22-3)18-14-7-5-6-8-16(14)20-17-10-9-13(2)12-15(17)18/h4-10,12H,1,11H2,2-3H3. The van der Waals surface area contributed by atoms with Gasteiger partial charge in [0.2, 0.25) is 0 Å². The van der Waals surface area contributed by atoms with E-state index in [1.54, 1.807) is 7.11 Å². The van der Waals surface area contributed by atoms with Crippen molar-refractivity contribution in [3.05, 3.63) is 60.7 Å². The average Bonchev–Trinajstić information content (AvgIpc) is 2.57. The van der Waals surface area contributed by atoms with Gasteiger partial charge in [0.25, 0.3) is 5.17 Å². The van der Waals surface area contributed by atoms with E-state index in [1.165, 1.54) is 5.56 Å². The normalized spacial score (nSPS) is 10.7. The molecular formula is C19H18N2OS. The second-order valence-electron chi connectivity index (χ2n) is 5.37. The molecule has 0 aliphatic carbocycles. The van der Waals surface area contributed by atoms with Gasteiger partial charge in [0.05, 0.1) is 23.8 Å². The first kappa shape index (κ1) is 15.4. The van der Waals surface area contributed by atoms with Gasteiger partial charge in [-0.3, -0.25) is 4.90 Å². The van der Waals surface area contributed by atoms with Crippen molar-refractivity contribution in [2.24, 2.45) is 0 Å². The Bertz CT molecular complexity index is 904. The first-order valence-electron chi connectivity index (χ1n) is 7.41. The summed E-state index contributed by atoms with van der Waals surface area (Å²) in [5.41, 5.74) is 4.07. The molecule has 2 aromatic carbocycles. The highest BCUT2D eigenvalue weighted by Crippen LogP contribution is 2.34. The molecule has 0 saturated heterocycles. The van der Waals surface area contributed by atoms with Gasteiger partial charge in [-0.15, -0.1) is 6.58 Å². The van der Waals surface area contributed by atoms with Crippen LogP contribution in [-0.2, 0) is 4.74 Å². The lowest BCUT2D eigenvalue weighted by atomic mass is 10.0. The van der Waals surface area contributed by atoms with Crippen molar-refractivity contribution in [2.75, 3.05) is 18.6 Å². The summed E-state index contributed by atoms with van der Waals surface area (Å²) in [6.07, 6.45) is 1.82. The number of methoxy groups -OCH3 is 1. The molecule has 116 valence electrons. The molecule has 0 bridgehead atoms. The summed E-state index contributed by atoms with van der Waals surface area (Å²) in [4.78, 5) is 6.74. The van der Waals surface area contributed by atoms with Crippen LogP contribution in [0.25, 0.3) is 21.8 Å². The summed E-state index contributed by atoms with van der Waals surface area (Å²) in [5, 5.41) is 2.53. The molecule has 3 rings (SSSR count). The first-order valence-corrected chi connectivity index (χ1v) is 7.82. The van der Waals surface area contributed by atoms with Crippen LogP contribution in [0.4, 0.5) is 5.69 Å². The van der Waals surface area contributed by atoms with Crippen LogP contribution in [0.5, 0.6) is 0 Å². The maximum absolute atomic E-state index is 5.42. The quantitative estimate of drug-likeness (QED) is 0.399. The van der Waals surface area contributed by atoms with Gasteiger partial charge in [-0.1, -0.05) is 35.9 Å². The number of hydrogen-bond donors (Lipinski definition) is 0. The molecule has 0 saturated carbocycles. The molecule has 3 aromatic rings. The van der Waals surface area contributed by atoms with E-state index in [0.717, 1.165) is 27.5 Å². The molecule has 3 nitrogen and oxygen atoms in total. The number of fused-ring (bicyclic) bond motifs is 2. The van der Waals surface area contributed by atoms with Crippen LogP contribution in [0, 0.1) is 6.92 Å². The lowest BCUT2D eigenvalue weighted by molar-refractivity contribution is 0.404. The monoisotopic (exact) mass is 322 g/mol. The SMILES string of the molecule is C=CCN(C(=S)OC)c1c2ccccc2nc2ccc(C)cc12. The van der Waals surface area contributed by atoms with Crippen molar-refractivity contribution in [1.82, 2.24) is 4.98 Å². The lowest BCUT2D eigenvalue weighted by Gasteiger charge is -2.25. The number of benzene rings is 2. The number of anilines is 1. The Morgan fingerprint density at radius 1 is 1.22 bits per heavy atom. The van der Waals surface area contributed by atoms with E-state index in [2.05, 4.69) is 31.7 Å². The minimum absolute atomic E-state index is 0.420. The van der Waals surface area contributed by atoms with Crippen LogP contribution in [0.15, 0.2) is 55.1 Å². The Morgan fingerprint density at radius 3 is 2.70 bits per heavy atom. The molecule has 0 aliphatic heterocycles. The van der Waals surface area contributed by atoms with Crippen LogP contribution < -0.4 is 4.90 Å². The van der Waals surface area contributed by atoms with Gasteiger partial charge in [0.15, 0.2) is 0 Å². The molecular weight excluding hydrogens is 304 g/mol. The summed E-state index contributed by atoms with van der Waals surface area (Å²) in [6, 6.07) is 14.3. The van der Waals surface area contributed by atoms with Gasteiger partial charge in [-0.05, 0) is 37.3 Å². The van der Waals surface area contributed by atoms with Crippen LogP contribution >= 0.6 is 12.2 Å². The number of pyridine rings is 1. The minimum atomic E-state index is 0.420. The Hall–Kier alpha value is -2.46. The number of aryl methyl sites for hydroxylation is 1. The zero-order valence-corrected chi connectivity index (χ0v) is 14.1. The number of para-hydroxylation sites is 1. The predicted molar refractivity (Wildman–Crippen MR) is 101 cm³/mol. The number of nitrogens with zero attached hydrogens (tertiary/aromatic N) is 2.